The van der Waals surface area contributed by atoms with Gasteiger partial charge < -0.3 is 16.0 Å². The summed E-state index contributed by atoms with van der Waals surface area (Å²) in [5.74, 6) is 0.827. The number of likely N-dealkylation sites (tertiary alicyclic amines) is 1. The molecule has 104 valence electrons. The summed E-state index contributed by atoms with van der Waals surface area (Å²) in [6, 6.07) is 3.88. The van der Waals surface area contributed by atoms with Crippen molar-refractivity contribution in [1.82, 2.24) is 9.88 Å². The maximum absolute atomic E-state index is 5.67. The molecule has 0 radical (unpaired) electrons. The molecule has 1 saturated heterocycles. The Morgan fingerprint density at radius 2 is 2.26 bits per heavy atom. The molecule has 1 aromatic heterocycles. The molecular weight excluding hydrogens is 256 g/mol. The summed E-state index contributed by atoms with van der Waals surface area (Å²) in [7, 11) is 2.19. The van der Waals surface area contributed by atoms with E-state index in [0.29, 0.717) is 10.7 Å². The molecule has 0 amide bonds. The Hall–Kier alpha value is -1.20. The first kappa shape index (κ1) is 14.2. The van der Waals surface area contributed by atoms with E-state index in [9.17, 15) is 0 Å². The highest BCUT2D eigenvalue weighted by atomic mass is 32.1. The third kappa shape index (κ3) is 4.14. The molecule has 19 heavy (non-hydrogen) atoms. The third-order valence-electron chi connectivity index (χ3n) is 3.75. The van der Waals surface area contributed by atoms with Crippen molar-refractivity contribution in [2.45, 2.75) is 19.3 Å². The molecule has 1 fully saturated rings. The van der Waals surface area contributed by atoms with E-state index in [1.165, 1.54) is 32.4 Å². The van der Waals surface area contributed by atoms with Gasteiger partial charge in [0.25, 0.3) is 0 Å². The minimum atomic E-state index is 0.349. The first-order chi connectivity index (χ1) is 9.16. The number of hydrogen-bond acceptors (Lipinski definition) is 4. The van der Waals surface area contributed by atoms with E-state index >= 15 is 0 Å². The van der Waals surface area contributed by atoms with Gasteiger partial charge in [-0.1, -0.05) is 12.2 Å². The van der Waals surface area contributed by atoms with Gasteiger partial charge in [-0.15, -0.1) is 0 Å². The summed E-state index contributed by atoms with van der Waals surface area (Å²) >= 11 is 5.01. The van der Waals surface area contributed by atoms with Gasteiger partial charge in [-0.25, -0.2) is 0 Å². The molecule has 0 unspecified atom stereocenters. The summed E-state index contributed by atoms with van der Waals surface area (Å²) in [6.45, 7) is 3.39. The number of pyridine rings is 1. The second-order valence-electron chi connectivity index (χ2n) is 5.23. The molecule has 0 spiro atoms. The molecule has 3 N–H and O–H groups in total. The lowest BCUT2D eigenvalue weighted by Crippen LogP contribution is -2.31. The van der Waals surface area contributed by atoms with Crippen LogP contribution < -0.4 is 11.1 Å². The van der Waals surface area contributed by atoms with Crippen LogP contribution in [0.1, 0.15) is 25.0 Å². The van der Waals surface area contributed by atoms with Crippen LogP contribution in [-0.4, -0.2) is 41.6 Å². The second kappa shape index (κ2) is 6.82. The standard InChI is InChI=1S/C14H22N4S/c1-18-9-5-11(6-10-18)4-8-16-12-3-2-7-17-13(12)14(15)19/h2-3,7,11,16H,4-6,8-10H2,1H3,(H2,15,19). The van der Waals surface area contributed by atoms with Crippen molar-refractivity contribution in [3.63, 3.8) is 0 Å². The number of piperidine rings is 1. The summed E-state index contributed by atoms with van der Waals surface area (Å²) < 4.78 is 0. The molecule has 1 aliphatic heterocycles. The highest BCUT2D eigenvalue weighted by Crippen LogP contribution is 2.20. The van der Waals surface area contributed by atoms with E-state index in [4.69, 9.17) is 18.0 Å². The molecule has 2 rings (SSSR count). The first-order valence-electron chi connectivity index (χ1n) is 6.84. The van der Waals surface area contributed by atoms with Crippen molar-refractivity contribution in [3.8, 4) is 0 Å². The van der Waals surface area contributed by atoms with Crippen LogP contribution in [-0.2, 0) is 0 Å². The Kier molecular flexibility index (Phi) is 5.10. The predicted molar refractivity (Wildman–Crippen MR) is 83.5 cm³/mol. The van der Waals surface area contributed by atoms with Crippen LogP contribution in [0.2, 0.25) is 0 Å². The first-order valence-corrected chi connectivity index (χ1v) is 7.25. The van der Waals surface area contributed by atoms with Gasteiger partial charge in [0.15, 0.2) is 0 Å². The smallest absolute Gasteiger partial charge is 0.124 e. The van der Waals surface area contributed by atoms with Crippen molar-refractivity contribution in [2.75, 3.05) is 32.0 Å². The van der Waals surface area contributed by atoms with E-state index in [1.54, 1.807) is 6.20 Å². The van der Waals surface area contributed by atoms with Crippen LogP contribution in [0.5, 0.6) is 0 Å². The molecule has 4 nitrogen and oxygen atoms in total. The van der Waals surface area contributed by atoms with Crippen molar-refractivity contribution < 1.29 is 0 Å². The molecule has 1 aromatic rings. The van der Waals surface area contributed by atoms with Crippen LogP contribution in [0.25, 0.3) is 0 Å². The molecule has 0 saturated carbocycles. The lowest BCUT2D eigenvalue weighted by Gasteiger charge is -2.29. The summed E-state index contributed by atoms with van der Waals surface area (Å²) in [5.41, 5.74) is 7.31. The number of anilines is 1. The number of hydrogen-bond donors (Lipinski definition) is 2. The van der Waals surface area contributed by atoms with Crippen LogP contribution in [0.3, 0.4) is 0 Å². The molecule has 2 heterocycles. The molecule has 1 aliphatic rings. The molecule has 0 atom stereocenters. The lowest BCUT2D eigenvalue weighted by molar-refractivity contribution is 0.215. The fourth-order valence-electron chi connectivity index (χ4n) is 2.51. The van der Waals surface area contributed by atoms with Gasteiger partial charge in [-0.2, -0.15) is 0 Å². The Balaban J connectivity index is 1.81. The van der Waals surface area contributed by atoms with Crippen molar-refractivity contribution in [1.29, 1.82) is 0 Å². The summed E-state index contributed by atoms with van der Waals surface area (Å²) in [4.78, 5) is 6.97. The quantitative estimate of drug-likeness (QED) is 0.805. The second-order valence-corrected chi connectivity index (χ2v) is 5.67. The van der Waals surface area contributed by atoms with Crippen LogP contribution in [0, 0.1) is 5.92 Å². The number of thiocarbonyl (C=S) groups is 1. The van der Waals surface area contributed by atoms with Gasteiger partial charge in [0.1, 0.15) is 10.7 Å². The third-order valence-corrected chi connectivity index (χ3v) is 3.94. The average molecular weight is 278 g/mol. The fraction of sp³-hybridized carbons (Fsp3) is 0.571. The maximum Gasteiger partial charge on any atom is 0.124 e. The predicted octanol–water partition coefficient (Wildman–Crippen LogP) is 1.86. The molecule has 5 heteroatoms. The Morgan fingerprint density at radius 1 is 1.53 bits per heavy atom. The topological polar surface area (TPSA) is 54.2 Å². The van der Waals surface area contributed by atoms with E-state index in [-0.39, 0.29) is 0 Å². The molecule has 0 aromatic carbocycles. The molecule has 0 bridgehead atoms. The normalized spacial score (nSPS) is 17.3. The van der Waals surface area contributed by atoms with Gasteiger partial charge in [-0.3, -0.25) is 4.98 Å². The monoisotopic (exact) mass is 278 g/mol. The number of rotatable bonds is 5. The van der Waals surface area contributed by atoms with Crippen molar-refractivity contribution >= 4 is 22.9 Å². The van der Waals surface area contributed by atoms with Crippen LogP contribution in [0.15, 0.2) is 18.3 Å². The zero-order valence-corrected chi connectivity index (χ0v) is 12.2. The Morgan fingerprint density at radius 3 is 2.95 bits per heavy atom. The van der Waals surface area contributed by atoms with Crippen molar-refractivity contribution in [3.05, 3.63) is 24.0 Å². The maximum atomic E-state index is 5.67. The Bertz CT molecular complexity index is 427. The average Bonchev–Trinajstić information content (AvgIpc) is 2.41. The van der Waals surface area contributed by atoms with E-state index < -0.39 is 0 Å². The number of nitrogens with two attached hydrogens (primary N) is 1. The highest BCUT2D eigenvalue weighted by molar-refractivity contribution is 7.80. The fourth-order valence-corrected chi connectivity index (χ4v) is 2.67. The Labute approximate surface area is 120 Å². The van der Waals surface area contributed by atoms with Crippen LogP contribution >= 0.6 is 12.2 Å². The number of nitrogens with zero attached hydrogens (tertiary/aromatic N) is 2. The zero-order valence-electron chi connectivity index (χ0n) is 11.4. The van der Waals surface area contributed by atoms with E-state index in [0.717, 1.165) is 18.2 Å². The van der Waals surface area contributed by atoms with Gasteiger partial charge in [0.2, 0.25) is 0 Å². The molecule has 0 aliphatic carbocycles. The van der Waals surface area contributed by atoms with Gasteiger partial charge in [0.05, 0.1) is 5.69 Å². The van der Waals surface area contributed by atoms with Gasteiger partial charge >= 0.3 is 0 Å². The van der Waals surface area contributed by atoms with Crippen molar-refractivity contribution in [2.24, 2.45) is 11.7 Å². The SMILES string of the molecule is CN1CCC(CCNc2cccnc2C(N)=S)CC1. The largest absolute Gasteiger partial charge is 0.388 e. The lowest BCUT2D eigenvalue weighted by atomic mass is 9.94. The molecular formula is C14H22N4S. The summed E-state index contributed by atoms with van der Waals surface area (Å²) in [5, 5.41) is 3.41. The zero-order chi connectivity index (χ0) is 13.7. The van der Waals surface area contributed by atoms with Gasteiger partial charge in [-0.05, 0) is 57.5 Å². The van der Waals surface area contributed by atoms with Crippen LogP contribution in [0.4, 0.5) is 5.69 Å². The minimum absolute atomic E-state index is 0.349. The number of aromatic nitrogens is 1. The highest BCUT2D eigenvalue weighted by Gasteiger charge is 2.16. The van der Waals surface area contributed by atoms with E-state index in [1.807, 2.05) is 12.1 Å². The summed E-state index contributed by atoms with van der Waals surface area (Å²) in [6.07, 6.45) is 5.51. The minimum Gasteiger partial charge on any atom is -0.388 e. The van der Waals surface area contributed by atoms with Gasteiger partial charge in [0, 0.05) is 12.7 Å². The number of nitrogens with one attached hydrogen (secondary N) is 1. The van der Waals surface area contributed by atoms with E-state index in [2.05, 4.69) is 22.2 Å².